The summed E-state index contributed by atoms with van der Waals surface area (Å²) in [5, 5.41) is 11.9. The van der Waals surface area contributed by atoms with E-state index in [9.17, 15) is 19.5 Å². The lowest BCUT2D eigenvalue weighted by atomic mass is 9.97. The average Bonchev–Trinajstić information content (AvgIpc) is 3.14. The van der Waals surface area contributed by atoms with Gasteiger partial charge in [-0.05, 0) is 24.3 Å². The van der Waals surface area contributed by atoms with Crippen LogP contribution < -0.4 is 5.32 Å². The van der Waals surface area contributed by atoms with E-state index in [1.54, 1.807) is 0 Å². The zero-order chi connectivity index (χ0) is 19.1. The number of ether oxygens (including phenoxy) is 1. The van der Waals surface area contributed by atoms with Gasteiger partial charge in [0.15, 0.2) is 0 Å². The fourth-order valence-corrected chi connectivity index (χ4v) is 3.04. The summed E-state index contributed by atoms with van der Waals surface area (Å²) in [6, 6.07) is 7.62. The average molecular weight is 362 g/mol. The molecule has 0 bridgehead atoms. The number of nitrogens with one attached hydrogen (secondary N) is 1. The molecule has 0 aliphatic carbocycles. The van der Waals surface area contributed by atoms with Crippen molar-refractivity contribution in [1.29, 1.82) is 0 Å². The molecule has 2 rings (SSSR count). The minimum Gasteiger partial charge on any atom is -0.480 e. The van der Waals surface area contributed by atoms with Gasteiger partial charge in [0.25, 0.3) is 0 Å². The summed E-state index contributed by atoms with van der Waals surface area (Å²) in [5.41, 5.74) is 0.847. The quantitative estimate of drug-likeness (QED) is 0.776. The summed E-state index contributed by atoms with van der Waals surface area (Å²) < 4.78 is 5.20. The van der Waals surface area contributed by atoms with Crippen molar-refractivity contribution in [2.45, 2.75) is 51.8 Å². The van der Waals surface area contributed by atoms with Crippen LogP contribution >= 0.6 is 0 Å². The zero-order valence-electron chi connectivity index (χ0n) is 15.2. The molecule has 0 aromatic heterocycles. The van der Waals surface area contributed by atoms with Crippen molar-refractivity contribution >= 4 is 18.0 Å². The van der Waals surface area contributed by atoms with Crippen LogP contribution in [0, 0.1) is 5.92 Å². The molecule has 0 radical (unpaired) electrons. The highest BCUT2D eigenvalue weighted by Gasteiger charge is 2.39. The largest absolute Gasteiger partial charge is 0.480 e. The van der Waals surface area contributed by atoms with E-state index < -0.39 is 24.1 Å². The number of amides is 2. The summed E-state index contributed by atoms with van der Waals surface area (Å²) in [5.74, 6) is -1.51. The van der Waals surface area contributed by atoms with Gasteiger partial charge < -0.3 is 20.1 Å². The summed E-state index contributed by atoms with van der Waals surface area (Å²) in [7, 11) is 0. The van der Waals surface area contributed by atoms with Crippen molar-refractivity contribution in [2.75, 3.05) is 6.54 Å². The number of alkyl carbamates (subject to hydrolysis) is 1. The summed E-state index contributed by atoms with van der Waals surface area (Å²) in [4.78, 5) is 37.7. The summed E-state index contributed by atoms with van der Waals surface area (Å²) in [6.07, 6.45) is 1.07. The molecule has 1 fully saturated rings. The van der Waals surface area contributed by atoms with E-state index in [4.69, 9.17) is 4.74 Å². The molecule has 2 N–H and O–H groups in total. The Bertz CT molecular complexity index is 634. The second kappa shape index (κ2) is 9.22. The Labute approximate surface area is 153 Å². The van der Waals surface area contributed by atoms with Gasteiger partial charge in [0, 0.05) is 6.54 Å². The maximum Gasteiger partial charge on any atom is 0.408 e. The highest BCUT2D eigenvalue weighted by Crippen LogP contribution is 2.21. The van der Waals surface area contributed by atoms with Crippen LogP contribution in [0.1, 0.15) is 38.7 Å². The highest BCUT2D eigenvalue weighted by atomic mass is 16.5. The van der Waals surface area contributed by atoms with E-state index in [0.717, 1.165) is 5.56 Å². The molecule has 1 saturated heterocycles. The molecular formula is C19H26N2O5. The van der Waals surface area contributed by atoms with Crippen molar-refractivity contribution in [3.63, 3.8) is 0 Å². The Morgan fingerprint density at radius 1 is 1.31 bits per heavy atom. The zero-order valence-corrected chi connectivity index (χ0v) is 15.2. The number of benzene rings is 1. The Morgan fingerprint density at radius 2 is 2.00 bits per heavy atom. The fraction of sp³-hybridized carbons (Fsp3) is 0.526. The van der Waals surface area contributed by atoms with Crippen LogP contribution in [0.5, 0.6) is 0 Å². The van der Waals surface area contributed by atoms with Crippen molar-refractivity contribution in [3.8, 4) is 0 Å². The Balaban J connectivity index is 2.01. The third kappa shape index (κ3) is 4.97. The lowest BCUT2D eigenvalue weighted by Gasteiger charge is -2.30. The van der Waals surface area contributed by atoms with E-state index in [-0.39, 0.29) is 18.4 Å². The number of carbonyl (C=O) groups excluding carboxylic acids is 2. The molecule has 142 valence electrons. The normalized spacial score (nSPS) is 18.8. The molecule has 2 amide bonds. The molecule has 7 nitrogen and oxygen atoms in total. The molecule has 2 unspecified atom stereocenters. The Hall–Kier alpha value is -2.57. The third-order valence-corrected chi connectivity index (χ3v) is 4.79. The topological polar surface area (TPSA) is 95.9 Å². The first-order valence-corrected chi connectivity index (χ1v) is 8.94. The predicted octanol–water partition coefficient (Wildman–Crippen LogP) is 2.40. The second-order valence-electron chi connectivity index (χ2n) is 6.60. The first-order chi connectivity index (χ1) is 12.4. The van der Waals surface area contributed by atoms with Crippen LogP contribution in [0.15, 0.2) is 30.3 Å². The van der Waals surface area contributed by atoms with E-state index in [0.29, 0.717) is 25.8 Å². The van der Waals surface area contributed by atoms with Gasteiger partial charge in [-0.25, -0.2) is 9.59 Å². The minimum atomic E-state index is -1.01. The van der Waals surface area contributed by atoms with Crippen molar-refractivity contribution in [3.05, 3.63) is 35.9 Å². The van der Waals surface area contributed by atoms with Crippen LogP contribution in [-0.2, 0) is 20.9 Å². The lowest BCUT2D eigenvalue weighted by molar-refractivity contribution is -0.149. The third-order valence-electron chi connectivity index (χ3n) is 4.79. The highest BCUT2D eigenvalue weighted by molar-refractivity contribution is 5.90. The summed E-state index contributed by atoms with van der Waals surface area (Å²) >= 11 is 0. The predicted molar refractivity (Wildman–Crippen MR) is 95.4 cm³/mol. The minimum absolute atomic E-state index is 0.107. The van der Waals surface area contributed by atoms with E-state index >= 15 is 0 Å². The van der Waals surface area contributed by atoms with E-state index in [1.165, 1.54) is 4.90 Å². The van der Waals surface area contributed by atoms with Gasteiger partial charge in [0.2, 0.25) is 5.91 Å². The number of carboxylic acids is 1. The maximum atomic E-state index is 12.9. The van der Waals surface area contributed by atoms with Gasteiger partial charge in [-0.1, -0.05) is 50.6 Å². The molecular weight excluding hydrogens is 336 g/mol. The first kappa shape index (κ1) is 19.8. The monoisotopic (exact) mass is 362 g/mol. The number of rotatable bonds is 7. The van der Waals surface area contributed by atoms with Gasteiger partial charge in [0.05, 0.1) is 0 Å². The molecule has 1 heterocycles. The Morgan fingerprint density at radius 3 is 2.62 bits per heavy atom. The van der Waals surface area contributed by atoms with Gasteiger partial charge in [-0.3, -0.25) is 4.79 Å². The SMILES string of the molecule is CCC(C)C(NC(=O)OCc1ccccc1)C(=O)N1CCC[C@H]1C(=O)O. The lowest BCUT2D eigenvalue weighted by Crippen LogP contribution is -2.54. The van der Waals surface area contributed by atoms with Gasteiger partial charge >= 0.3 is 12.1 Å². The number of likely N-dealkylation sites (tertiary alicyclic amines) is 1. The number of carboxylic acid groups (broad SMARTS) is 1. The van der Waals surface area contributed by atoms with Crippen LogP contribution in [-0.4, -0.2) is 46.6 Å². The van der Waals surface area contributed by atoms with Gasteiger partial charge in [-0.2, -0.15) is 0 Å². The molecule has 26 heavy (non-hydrogen) atoms. The number of hydrogen-bond donors (Lipinski definition) is 2. The molecule has 1 aliphatic heterocycles. The standard InChI is InChI=1S/C19H26N2O5/c1-3-13(2)16(17(22)21-11-7-10-15(21)18(23)24)20-19(25)26-12-14-8-5-4-6-9-14/h4-6,8-9,13,15-16H,3,7,10-12H2,1-2H3,(H,20,25)(H,23,24)/t13?,15-,16?/m0/s1. The van der Waals surface area contributed by atoms with Crippen LogP contribution in [0.3, 0.4) is 0 Å². The Kier molecular flexibility index (Phi) is 7.00. The number of nitrogens with zero attached hydrogens (tertiary/aromatic N) is 1. The molecule has 1 aliphatic rings. The van der Waals surface area contributed by atoms with E-state index in [2.05, 4.69) is 5.32 Å². The van der Waals surface area contributed by atoms with E-state index in [1.807, 2.05) is 44.2 Å². The van der Waals surface area contributed by atoms with Crippen LogP contribution in [0.25, 0.3) is 0 Å². The molecule has 3 atom stereocenters. The molecule has 1 aromatic rings. The van der Waals surface area contributed by atoms with Gasteiger partial charge in [-0.15, -0.1) is 0 Å². The molecule has 1 aromatic carbocycles. The smallest absolute Gasteiger partial charge is 0.408 e. The van der Waals surface area contributed by atoms with Gasteiger partial charge in [0.1, 0.15) is 18.7 Å². The molecule has 0 saturated carbocycles. The van der Waals surface area contributed by atoms with Crippen molar-refractivity contribution in [1.82, 2.24) is 10.2 Å². The molecule has 7 heteroatoms. The number of aliphatic carboxylic acids is 1. The number of carbonyl (C=O) groups is 3. The maximum absolute atomic E-state index is 12.9. The first-order valence-electron chi connectivity index (χ1n) is 8.94. The van der Waals surface area contributed by atoms with Crippen LogP contribution in [0.2, 0.25) is 0 Å². The second-order valence-corrected chi connectivity index (χ2v) is 6.60. The van der Waals surface area contributed by atoms with Crippen molar-refractivity contribution in [2.24, 2.45) is 5.92 Å². The molecule has 0 spiro atoms. The van der Waals surface area contributed by atoms with Crippen LogP contribution in [0.4, 0.5) is 4.79 Å². The number of hydrogen-bond acceptors (Lipinski definition) is 4. The summed E-state index contributed by atoms with van der Waals surface area (Å²) in [6.45, 7) is 4.27. The van der Waals surface area contributed by atoms with Crippen molar-refractivity contribution < 1.29 is 24.2 Å². The fourth-order valence-electron chi connectivity index (χ4n) is 3.04.